The van der Waals surface area contributed by atoms with Crippen LogP contribution in [0, 0.1) is 5.82 Å². The van der Waals surface area contributed by atoms with Gasteiger partial charge in [0, 0.05) is 19.2 Å². The van der Waals surface area contributed by atoms with Crippen molar-refractivity contribution in [3.63, 3.8) is 0 Å². The monoisotopic (exact) mass is 273 g/mol. The topological polar surface area (TPSA) is 38.3 Å². The van der Waals surface area contributed by atoms with Crippen LogP contribution in [0.2, 0.25) is 0 Å². The Morgan fingerprint density at radius 1 is 1.15 bits per heavy atom. The number of rotatable bonds is 5. The van der Waals surface area contributed by atoms with Crippen molar-refractivity contribution in [2.75, 3.05) is 7.11 Å². The molecule has 0 heterocycles. The number of hydrogen-bond donors (Lipinski definition) is 1. The molecule has 104 valence electrons. The number of nitrogens with one attached hydrogen (secondary N) is 1. The van der Waals surface area contributed by atoms with Gasteiger partial charge in [0.25, 0.3) is 5.91 Å². The van der Waals surface area contributed by atoms with Crippen LogP contribution in [0.25, 0.3) is 0 Å². The van der Waals surface area contributed by atoms with Gasteiger partial charge in [0.2, 0.25) is 0 Å². The molecule has 0 aliphatic heterocycles. The summed E-state index contributed by atoms with van der Waals surface area (Å²) >= 11 is 0. The first-order chi connectivity index (χ1) is 9.69. The van der Waals surface area contributed by atoms with Crippen LogP contribution < -0.4 is 5.32 Å². The van der Waals surface area contributed by atoms with Crippen molar-refractivity contribution >= 4 is 5.91 Å². The fourth-order valence-corrected chi connectivity index (χ4v) is 1.90. The lowest BCUT2D eigenvalue weighted by molar-refractivity contribution is 0.0950. The number of hydrogen-bond acceptors (Lipinski definition) is 2. The molecule has 20 heavy (non-hydrogen) atoms. The zero-order chi connectivity index (χ0) is 14.4. The molecule has 0 bridgehead atoms. The first kappa shape index (κ1) is 14.2. The molecule has 0 fully saturated rings. The minimum atomic E-state index is -0.307. The van der Waals surface area contributed by atoms with Gasteiger partial charge < -0.3 is 10.1 Å². The Morgan fingerprint density at radius 3 is 2.65 bits per heavy atom. The number of halogens is 1. The van der Waals surface area contributed by atoms with Crippen molar-refractivity contribution in [2.45, 2.75) is 13.2 Å². The van der Waals surface area contributed by atoms with Crippen molar-refractivity contribution in [3.05, 3.63) is 71.0 Å². The van der Waals surface area contributed by atoms with Crippen molar-refractivity contribution in [2.24, 2.45) is 0 Å². The van der Waals surface area contributed by atoms with E-state index in [-0.39, 0.29) is 11.7 Å². The van der Waals surface area contributed by atoms with Crippen molar-refractivity contribution in [1.82, 2.24) is 5.32 Å². The van der Waals surface area contributed by atoms with E-state index in [0.29, 0.717) is 18.7 Å². The van der Waals surface area contributed by atoms with E-state index in [1.54, 1.807) is 31.4 Å². The molecule has 0 aromatic heterocycles. The van der Waals surface area contributed by atoms with Crippen molar-refractivity contribution < 1.29 is 13.9 Å². The van der Waals surface area contributed by atoms with Crippen LogP contribution in [0.15, 0.2) is 48.5 Å². The predicted octanol–water partition coefficient (Wildman–Crippen LogP) is 2.90. The number of methoxy groups -OCH3 is 1. The van der Waals surface area contributed by atoms with E-state index in [0.717, 1.165) is 11.1 Å². The lowest BCUT2D eigenvalue weighted by atomic mass is 10.1. The van der Waals surface area contributed by atoms with Crippen LogP contribution in [-0.2, 0) is 17.9 Å². The SMILES string of the molecule is COCc1cccc(C(=O)NCc2cccc(F)c2)c1. The number of benzene rings is 2. The van der Waals surface area contributed by atoms with Crippen LogP contribution in [0.5, 0.6) is 0 Å². The summed E-state index contributed by atoms with van der Waals surface area (Å²) in [5, 5.41) is 2.77. The average molecular weight is 273 g/mol. The molecular weight excluding hydrogens is 257 g/mol. The van der Waals surface area contributed by atoms with Crippen LogP contribution in [0.4, 0.5) is 4.39 Å². The highest BCUT2D eigenvalue weighted by atomic mass is 19.1. The van der Waals surface area contributed by atoms with E-state index in [2.05, 4.69) is 5.32 Å². The smallest absolute Gasteiger partial charge is 0.251 e. The van der Waals surface area contributed by atoms with Crippen molar-refractivity contribution in [1.29, 1.82) is 0 Å². The Labute approximate surface area is 117 Å². The van der Waals surface area contributed by atoms with E-state index < -0.39 is 0 Å². The lowest BCUT2D eigenvalue weighted by Gasteiger charge is -2.07. The third kappa shape index (κ3) is 3.90. The Bertz CT molecular complexity index is 599. The summed E-state index contributed by atoms with van der Waals surface area (Å²) in [4.78, 5) is 12.0. The van der Waals surface area contributed by atoms with Crippen LogP contribution in [0.3, 0.4) is 0 Å². The second kappa shape index (κ2) is 6.82. The van der Waals surface area contributed by atoms with E-state index in [4.69, 9.17) is 4.74 Å². The van der Waals surface area contributed by atoms with E-state index >= 15 is 0 Å². The van der Waals surface area contributed by atoms with Gasteiger partial charge in [-0.05, 0) is 35.4 Å². The average Bonchev–Trinajstić information content (AvgIpc) is 2.45. The maximum absolute atomic E-state index is 13.0. The van der Waals surface area contributed by atoms with Gasteiger partial charge >= 0.3 is 0 Å². The number of amides is 1. The van der Waals surface area contributed by atoms with E-state index in [1.807, 2.05) is 12.1 Å². The Kier molecular flexibility index (Phi) is 4.85. The summed E-state index contributed by atoms with van der Waals surface area (Å²) in [5.41, 5.74) is 2.23. The van der Waals surface area contributed by atoms with E-state index in [9.17, 15) is 9.18 Å². The maximum Gasteiger partial charge on any atom is 0.251 e. The third-order valence-electron chi connectivity index (χ3n) is 2.84. The summed E-state index contributed by atoms with van der Waals surface area (Å²) < 4.78 is 18.1. The van der Waals surface area contributed by atoms with Gasteiger partial charge in [-0.25, -0.2) is 4.39 Å². The molecule has 0 unspecified atom stereocenters. The summed E-state index contributed by atoms with van der Waals surface area (Å²) in [5.74, 6) is -0.494. The third-order valence-corrected chi connectivity index (χ3v) is 2.84. The standard InChI is InChI=1S/C16H16FNO2/c1-20-11-13-5-2-6-14(8-13)16(19)18-10-12-4-3-7-15(17)9-12/h2-9H,10-11H2,1H3,(H,18,19). The van der Waals surface area contributed by atoms with Gasteiger partial charge in [-0.1, -0.05) is 24.3 Å². The van der Waals surface area contributed by atoms with Crippen LogP contribution in [-0.4, -0.2) is 13.0 Å². The molecule has 3 nitrogen and oxygen atoms in total. The highest BCUT2D eigenvalue weighted by Crippen LogP contribution is 2.07. The molecular formula is C16H16FNO2. The second-order valence-corrected chi connectivity index (χ2v) is 4.45. The second-order valence-electron chi connectivity index (χ2n) is 4.45. The molecule has 1 N–H and O–H groups in total. The number of carbonyl (C=O) groups is 1. The molecule has 0 radical (unpaired) electrons. The molecule has 0 spiro atoms. The molecule has 4 heteroatoms. The highest BCUT2D eigenvalue weighted by molar-refractivity contribution is 5.94. The normalized spacial score (nSPS) is 10.3. The van der Waals surface area contributed by atoms with Gasteiger partial charge in [0.15, 0.2) is 0 Å². The van der Waals surface area contributed by atoms with Crippen molar-refractivity contribution in [3.8, 4) is 0 Å². The molecule has 0 aliphatic rings. The number of carbonyl (C=O) groups excluding carboxylic acids is 1. The van der Waals surface area contributed by atoms with Crippen LogP contribution in [0.1, 0.15) is 21.5 Å². The summed E-state index contributed by atoms with van der Waals surface area (Å²) in [7, 11) is 1.61. The number of ether oxygens (including phenoxy) is 1. The van der Waals surface area contributed by atoms with Gasteiger partial charge in [0.1, 0.15) is 5.82 Å². The highest BCUT2D eigenvalue weighted by Gasteiger charge is 2.06. The zero-order valence-corrected chi connectivity index (χ0v) is 11.2. The van der Waals surface area contributed by atoms with Gasteiger partial charge in [-0.2, -0.15) is 0 Å². The van der Waals surface area contributed by atoms with Gasteiger partial charge in [0.05, 0.1) is 6.61 Å². The quantitative estimate of drug-likeness (QED) is 0.909. The van der Waals surface area contributed by atoms with Gasteiger partial charge in [-0.15, -0.1) is 0 Å². The molecule has 0 aliphatic carbocycles. The zero-order valence-electron chi connectivity index (χ0n) is 11.2. The first-order valence-electron chi connectivity index (χ1n) is 6.29. The summed E-state index contributed by atoms with van der Waals surface area (Å²) in [6.45, 7) is 0.760. The van der Waals surface area contributed by atoms with Crippen LogP contribution >= 0.6 is 0 Å². The molecule has 0 saturated carbocycles. The predicted molar refractivity (Wildman–Crippen MR) is 74.7 cm³/mol. The molecule has 0 atom stereocenters. The molecule has 2 rings (SSSR count). The fourth-order valence-electron chi connectivity index (χ4n) is 1.90. The molecule has 0 saturated heterocycles. The molecule has 1 amide bonds. The molecule has 2 aromatic carbocycles. The summed E-state index contributed by atoms with van der Waals surface area (Å²) in [6, 6.07) is 13.4. The maximum atomic E-state index is 13.0. The minimum absolute atomic E-state index is 0.188. The van der Waals surface area contributed by atoms with Gasteiger partial charge in [-0.3, -0.25) is 4.79 Å². The molecule has 2 aromatic rings. The Hall–Kier alpha value is -2.20. The minimum Gasteiger partial charge on any atom is -0.380 e. The Morgan fingerprint density at radius 2 is 1.90 bits per heavy atom. The lowest BCUT2D eigenvalue weighted by Crippen LogP contribution is -2.22. The first-order valence-corrected chi connectivity index (χ1v) is 6.29. The summed E-state index contributed by atoms with van der Waals surface area (Å²) in [6.07, 6.45) is 0. The Balaban J connectivity index is 1.99. The fraction of sp³-hybridized carbons (Fsp3) is 0.188. The van der Waals surface area contributed by atoms with E-state index in [1.165, 1.54) is 12.1 Å². The largest absolute Gasteiger partial charge is 0.380 e.